The molecular formula is C15H20F3N5O10. The zero-order valence-corrected chi connectivity index (χ0v) is 16.7. The second-order valence-electron chi connectivity index (χ2n) is 5.74. The van der Waals surface area contributed by atoms with Crippen LogP contribution in [0.5, 0.6) is 0 Å². The third-order valence-corrected chi connectivity index (χ3v) is 3.18. The van der Waals surface area contributed by atoms with Gasteiger partial charge >= 0.3 is 18.1 Å². The van der Waals surface area contributed by atoms with E-state index in [4.69, 9.17) is 19.7 Å². The van der Waals surface area contributed by atoms with Gasteiger partial charge in [-0.1, -0.05) is 0 Å². The highest BCUT2D eigenvalue weighted by molar-refractivity contribution is 5.84. The van der Waals surface area contributed by atoms with Crippen LogP contribution in [-0.2, 0) is 35.2 Å². The first kappa shape index (κ1) is 29.0. The van der Waals surface area contributed by atoms with Gasteiger partial charge < -0.3 is 35.4 Å². The molecule has 5 N–H and O–H groups in total. The minimum atomic E-state index is -5.08. The number of H-pyrrole nitrogens is 1. The normalized spacial score (nSPS) is 11.4. The van der Waals surface area contributed by atoms with Crippen LogP contribution in [0.1, 0.15) is 12.1 Å². The number of rotatable bonds is 13. The molecule has 0 bridgehead atoms. The van der Waals surface area contributed by atoms with Gasteiger partial charge in [0.15, 0.2) is 0 Å². The molecule has 1 rings (SSSR count). The van der Waals surface area contributed by atoms with Crippen molar-refractivity contribution in [2.75, 3.05) is 26.4 Å². The van der Waals surface area contributed by atoms with E-state index in [-0.39, 0.29) is 39.2 Å². The zero-order chi connectivity index (χ0) is 25.4. The van der Waals surface area contributed by atoms with Crippen LogP contribution in [0.2, 0.25) is 0 Å². The van der Waals surface area contributed by atoms with Crippen molar-refractivity contribution in [1.82, 2.24) is 20.6 Å². The van der Waals surface area contributed by atoms with E-state index in [9.17, 15) is 37.7 Å². The summed E-state index contributed by atoms with van der Waals surface area (Å²) in [4.78, 5) is 63.7. The van der Waals surface area contributed by atoms with Gasteiger partial charge in [-0.25, -0.2) is 14.6 Å². The van der Waals surface area contributed by atoms with Gasteiger partial charge in [0, 0.05) is 25.6 Å². The molecule has 15 nitrogen and oxygen atoms in total. The average Bonchev–Trinajstić information content (AvgIpc) is 3.19. The Balaban J connectivity index is 0.00000126. The topological polar surface area (TPSA) is 223 Å². The molecule has 0 aromatic carbocycles. The van der Waals surface area contributed by atoms with Gasteiger partial charge in [0.2, 0.25) is 11.8 Å². The molecule has 0 saturated heterocycles. The number of aliphatic carboxylic acids is 2. The van der Waals surface area contributed by atoms with Crippen LogP contribution >= 0.6 is 0 Å². The number of carboxylic acids is 2. The van der Waals surface area contributed by atoms with E-state index >= 15 is 0 Å². The summed E-state index contributed by atoms with van der Waals surface area (Å²) in [6.07, 6.45) is -2.26. The lowest BCUT2D eigenvalue weighted by Crippen LogP contribution is -2.43. The number of carboxylic acid groups (broad SMARTS) is 2. The van der Waals surface area contributed by atoms with Crippen LogP contribution in [-0.4, -0.2) is 87.6 Å². The number of amides is 2. The molecule has 2 amide bonds. The minimum Gasteiger partial charge on any atom is -0.480 e. The Kier molecular flexibility index (Phi) is 13.2. The lowest BCUT2D eigenvalue weighted by molar-refractivity contribution is -0.758. The van der Waals surface area contributed by atoms with E-state index in [0.29, 0.717) is 5.69 Å². The van der Waals surface area contributed by atoms with Crippen LogP contribution in [0.25, 0.3) is 0 Å². The Hall–Kier alpha value is -3.96. The van der Waals surface area contributed by atoms with Crippen LogP contribution in [0.3, 0.4) is 0 Å². The van der Waals surface area contributed by atoms with E-state index in [1.165, 1.54) is 12.5 Å². The maximum Gasteiger partial charge on any atom is 0.490 e. The highest BCUT2D eigenvalue weighted by atomic mass is 19.4. The molecule has 0 fully saturated rings. The van der Waals surface area contributed by atoms with E-state index in [2.05, 4.69) is 25.4 Å². The Labute approximate surface area is 182 Å². The number of carbonyl (C=O) groups is 4. The molecule has 1 aromatic heterocycles. The molecule has 186 valence electrons. The van der Waals surface area contributed by atoms with Crippen molar-refractivity contribution in [1.29, 1.82) is 0 Å². The number of ether oxygens (including phenoxy) is 1. The predicted molar refractivity (Wildman–Crippen MR) is 96.9 cm³/mol. The summed E-state index contributed by atoms with van der Waals surface area (Å²) in [6, 6.07) is -1.13. The summed E-state index contributed by atoms with van der Waals surface area (Å²) in [7, 11) is 0. The highest BCUT2D eigenvalue weighted by Gasteiger charge is 2.38. The fourth-order valence-corrected chi connectivity index (χ4v) is 1.78. The summed E-state index contributed by atoms with van der Waals surface area (Å²) in [5.74, 6) is -5.03. The molecule has 33 heavy (non-hydrogen) atoms. The number of hydrogen-bond donors (Lipinski definition) is 5. The van der Waals surface area contributed by atoms with Gasteiger partial charge in [-0.15, -0.1) is 10.1 Å². The molecule has 1 atom stereocenters. The first-order valence-electron chi connectivity index (χ1n) is 8.74. The number of aromatic nitrogens is 2. The second kappa shape index (κ2) is 14.9. The smallest absolute Gasteiger partial charge is 0.480 e. The van der Waals surface area contributed by atoms with Gasteiger partial charge in [0.1, 0.15) is 19.3 Å². The Bertz CT molecular complexity index is 788. The monoisotopic (exact) mass is 487 g/mol. The second-order valence-corrected chi connectivity index (χ2v) is 5.74. The maximum atomic E-state index is 11.8. The molecule has 18 heteroatoms. The quantitative estimate of drug-likeness (QED) is 0.127. The minimum absolute atomic E-state index is 0.0197. The van der Waals surface area contributed by atoms with Crippen LogP contribution < -0.4 is 10.6 Å². The van der Waals surface area contributed by atoms with Gasteiger partial charge in [-0.3, -0.25) is 9.59 Å². The Morgan fingerprint density at radius 3 is 2.33 bits per heavy atom. The molecule has 0 radical (unpaired) electrons. The molecule has 1 aromatic rings. The number of alkyl halides is 3. The van der Waals surface area contributed by atoms with E-state index in [1.54, 1.807) is 0 Å². The SMILES string of the molecule is O=C(COCCO[N+](=O)[O-])NCCC(=O)NC(Cc1c[nH]cn1)C(=O)O.O=C(O)C(F)(F)F. The number of nitrogens with one attached hydrogen (secondary N) is 3. The standard InChI is InChI=1S/C13H19N5O8.C2HF3O2/c19-11(17-10(13(21)22)5-9-6-14-8-16-9)1-2-15-12(20)7-25-3-4-26-18(23)24;3-2(4,5)1(6)7/h6,8,10H,1-5,7H2,(H,14,16)(H,15,20)(H,17,19)(H,21,22);(H,6,7). The van der Waals surface area contributed by atoms with Gasteiger partial charge in [0.05, 0.1) is 18.6 Å². The predicted octanol–water partition coefficient (Wildman–Crippen LogP) is -1.11. The van der Waals surface area contributed by atoms with E-state index in [0.717, 1.165) is 0 Å². The number of carbonyl (C=O) groups excluding carboxylic acids is 2. The third kappa shape index (κ3) is 15.5. The number of hydrogen-bond acceptors (Lipinski definition) is 9. The number of aromatic amines is 1. The van der Waals surface area contributed by atoms with Crippen molar-refractivity contribution in [3.8, 4) is 0 Å². The van der Waals surface area contributed by atoms with Crippen molar-refractivity contribution in [2.45, 2.75) is 25.1 Å². The molecule has 0 saturated carbocycles. The fourth-order valence-electron chi connectivity index (χ4n) is 1.78. The van der Waals surface area contributed by atoms with Crippen molar-refractivity contribution >= 4 is 23.8 Å². The lowest BCUT2D eigenvalue weighted by atomic mass is 10.1. The van der Waals surface area contributed by atoms with Crippen molar-refractivity contribution in [2.24, 2.45) is 0 Å². The molecule has 0 aliphatic rings. The third-order valence-electron chi connectivity index (χ3n) is 3.18. The summed E-state index contributed by atoms with van der Waals surface area (Å²) < 4.78 is 36.6. The van der Waals surface area contributed by atoms with Crippen LogP contribution in [0.15, 0.2) is 12.5 Å². The molecule has 0 aliphatic carbocycles. The van der Waals surface area contributed by atoms with E-state index in [1.807, 2.05) is 0 Å². The van der Waals surface area contributed by atoms with Crippen molar-refractivity contribution < 1.29 is 57.2 Å². The summed E-state index contributed by atoms with van der Waals surface area (Å²) >= 11 is 0. The summed E-state index contributed by atoms with van der Waals surface area (Å²) in [5, 5.41) is 29.9. The lowest BCUT2D eigenvalue weighted by Gasteiger charge is -2.13. The maximum absolute atomic E-state index is 11.8. The molecule has 0 spiro atoms. The van der Waals surface area contributed by atoms with Crippen molar-refractivity contribution in [3.63, 3.8) is 0 Å². The van der Waals surface area contributed by atoms with Gasteiger partial charge in [0.25, 0.3) is 5.09 Å². The number of imidazole rings is 1. The first-order valence-corrected chi connectivity index (χ1v) is 8.74. The summed E-state index contributed by atoms with van der Waals surface area (Å²) in [6.45, 7) is -0.800. The number of nitrogens with zero attached hydrogens (tertiary/aromatic N) is 2. The molecule has 1 unspecified atom stereocenters. The Morgan fingerprint density at radius 2 is 1.85 bits per heavy atom. The van der Waals surface area contributed by atoms with Gasteiger partial charge in [-0.05, 0) is 0 Å². The first-order chi connectivity index (χ1) is 15.3. The number of halogens is 3. The molecule has 1 heterocycles. The summed E-state index contributed by atoms with van der Waals surface area (Å²) in [5.41, 5.74) is 0.490. The highest BCUT2D eigenvalue weighted by Crippen LogP contribution is 2.13. The fraction of sp³-hybridized carbons (Fsp3) is 0.533. The zero-order valence-electron chi connectivity index (χ0n) is 16.7. The largest absolute Gasteiger partial charge is 0.490 e. The van der Waals surface area contributed by atoms with Crippen molar-refractivity contribution in [3.05, 3.63) is 28.3 Å². The molecule has 0 aliphatic heterocycles. The van der Waals surface area contributed by atoms with Crippen LogP contribution in [0, 0.1) is 10.1 Å². The molecular weight excluding hydrogens is 467 g/mol. The van der Waals surface area contributed by atoms with Crippen LogP contribution in [0.4, 0.5) is 13.2 Å². The average molecular weight is 487 g/mol. The Morgan fingerprint density at radius 1 is 1.21 bits per heavy atom. The van der Waals surface area contributed by atoms with Gasteiger partial charge in [-0.2, -0.15) is 13.2 Å². The van der Waals surface area contributed by atoms with E-state index < -0.39 is 41.1 Å².